The minimum absolute atomic E-state index is 0.169. The lowest BCUT2D eigenvalue weighted by Gasteiger charge is -2.24. The fourth-order valence-corrected chi connectivity index (χ4v) is 1.98. The molecule has 0 saturated carbocycles. The van der Waals surface area contributed by atoms with Crippen LogP contribution in [-0.2, 0) is 4.79 Å². The van der Waals surface area contributed by atoms with Crippen LogP contribution >= 0.6 is 0 Å². The summed E-state index contributed by atoms with van der Waals surface area (Å²) in [6.45, 7) is 3.80. The van der Waals surface area contributed by atoms with Crippen molar-refractivity contribution in [2.75, 3.05) is 13.1 Å². The number of carbonyl (C=O) groups is 1. The summed E-state index contributed by atoms with van der Waals surface area (Å²) in [4.78, 5) is 13.6. The maximum absolute atomic E-state index is 11.6. The van der Waals surface area contributed by atoms with Crippen molar-refractivity contribution in [1.82, 2.24) is 4.90 Å². The van der Waals surface area contributed by atoms with Gasteiger partial charge in [0, 0.05) is 25.6 Å². The maximum Gasteiger partial charge on any atom is 0.222 e. The largest absolute Gasteiger partial charge is 0.341 e. The maximum atomic E-state index is 11.6. The van der Waals surface area contributed by atoms with Crippen molar-refractivity contribution in [3.05, 3.63) is 0 Å². The van der Waals surface area contributed by atoms with Crippen LogP contribution in [0.4, 0.5) is 0 Å². The second kappa shape index (κ2) is 6.02. The fourth-order valence-electron chi connectivity index (χ4n) is 1.98. The van der Waals surface area contributed by atoms with Gasteiger partial charge in [-0.2, -0.15) is 0 Å². The number of hydrogen-bond donors (Lipinski definition) is 1. The zero-order chi connectivity index (χ0) is 10.4. The van der Waals surface area contributed by atoms with Crippen LogP contribution in [0.1, 0.15) is 45.4 Å². The van der Waals surface area contributed by atoms with E-state index >= 15 is 0 Å². The van der Waals surface area contributed by atoms with Crippen LogP contribution in [0, 0.1) is 0 Å². The number of amides is 1. The SMILES string of the molecule is CCCC(N)CN1CCCCCC1=O. The van der Waals surface area contributed by atoms with Gasteiger partial charge in [-0.3, -0.25) is 4.79 Å². The van der Waals surface area contributed by atoms with Crippen molar-refractivity contribution in [3.8, 4) is 0 Å². The van der Waals surface area contributed by atoms with E-state index in [0.29, 0.717) is 5.91 Å². The van der Waals surface area contributed by atoms with Gasteiger partial charge in [-0.05, 0) is 19.3 Å². The van der Waals surface area contributed by atoms with Crippen molar-refractivity contribution in [3.63, 3.8) is 0 Å². The highest BCUT2D eigenvalue weighted by molar-refractivity contribution is 5.76. The van der Waals surface area contributed by atoms with Crippen LogP contribution in [0.25, 0.3) is 0 Å². The molecule has 82 valence electrons. The standard InChI is InChI=1S/C11H22N2O/c1-2-6-10(12)9-13-8-5-3-4-7-11(13)14/h10H,2-9,12H2,1H3. The first kappa shape index (κ1) is 11.5. The normalized spacial score (nSPS) is 20.7. The molecule has 3 nitrogen and oxygen atoms in total. The molecule has 1 rings (SSSR count). The molecule has 2 N–H and O–H groups in total. The summed E-state index contributed by atoms with van der Waals surface area (Å²) in [7, 11) is 0. The predicted molar refractivity (Wildman–Crippen MR) is 57.9 cm³/mol. The summed E-state index contributed by atoms with van der Waals surface area (Å²) in [6, 6.07) is 0.169. The van der Waals surface area contributed by atoms with Crippen LogP contribution < -0.4 is 5.73 Å². The number of nitrogens with zero attached hydrogens (tertiary/aromatic N) is 1. The molecule has 1 aliphatic heterocycles. The molecule has 1 fully saturated rings. The van der Waals surface area contributed by atoms with Crippen molar-refractivity contribution in [2.45, 2.75) is 51.5 Å². The third-order valence-corrected chi connectivity index (χ3v) is 2.79. The first-order chi connectivity index (χ1) is 6.74. The van der Waals surface area contributed by atoms with Crippen molar-refractivity contribution < 1.29 is 4.79 Å². The van der Waals surface area contributed by atoms with E-state index in [1.165, 1.54) is 6.42 Å². The van der Waals surface area contributed by atoms with Gasteiger partial charge in [0.25, 0.3) is 0 Å². The quantitative estimate of drug-likeness (QED) is 0.744. The molecule has 0 bridgehead atoms. The zero-order valence-electron chi connectivity index (χ0n) is 9.17. The average molecular weight is 198 g/mol. The monoisotopic (exact) mass is 198 g/mol. The minimum atomic E-state index is 0.169. The van der Waals surface area contributed by atoms with E-state index in [2.05, 4.69) is 6.92 Å². The molecule has 1 unspecified atom stereocenters. The van der Waals surface area contributed by atoms with Gasteiger partial charge >= 0.3 is 0 Å². The highest BCUT2D eigenvalue weighted by Gasteiger charge is 2.18. The number of hydrogen-bond acceptors (Lipinski definition) is 2. The average Bonchev–Trinajstić information content (AvgIpc) is 2.33. The molecule has 0 aromatic heterocycles. The van der Waals surface area contributed by atoms with Crippen molar-refractivity contribution in [2.24, 2.45) is 5.73 Å². The van der Waals surface area contributed by atoms with Crippen molar-refractivity contribution >= 4 is 5.91 Å². The molecule has 1 saturated heterocycles. The summed E-state index contributed by atoms with van der Waals surface area (Å²) in [5, 5.41) is 0. The summed E-state index contributed by atoms with van der Waals surface area (Å²) in [5.74, 6) is 0.300. The van der Waals surface area contributed by atoms with Gasteiger partial charge < -0.3 is 10.6 Å². The minimum Gasteiger partial charge on any atom is -0.341 e. The van der Waals surface area contributed by atoms with Crippen LogP contribution in [0.15, 0.2) is 0 Å². The molecule has 1 amide bonds. The van der Waals surface area contributed by atoms with Crippen molar-refractivity contribution in [1.29, 1.82) is 0 Å². The predicted octanol–water partition coefficient (Wildman–Crippen LogP) is 1.52. The van der Waals surface area contributed by atoms with Gasteiger partial charge in [0.15, 0.2) is 0 Å². The van der Waals surface area contributed by atoms with E-state index in [1.807, 2.05) is 4.90 Å². The molecule has 1 heterocycles. The molecule has 0 aromatic carbocycles. The van der Waals surface area contributed by atoms with Crippen LogP contribution in [0.2, 0.25) is 0 Å². The Hall–Kier alpha value is -0.570. The molecule has 1 atom stereocenters. The van der Waals surface area contributed by atoms with Gasteiger partial charge in [0.2, 0.25) is 5.91 Å². The van der Waals surface area contributed by atoms with Crippen LogP contribution in [0.5, 0.6) is 0 Å². The van der Waals surface area contributed by atoms with Gasteiger partial charge in [-0.25, -0.2) is 0 Å². The summed E-state index contributed by atoms with van der Waals surface area (Å²) in [5.41, 5.74) is 5.93. The molecule has 0 spiro atoms. The Morgan fingerprint density at radius 3 is 2.93 bits per heavy atom. The smallest absolute Gasteiger partial charge is 0.222 e. The molecule has 0 aliphatic carbocycles. The highest BCUT2D eigenvalue weighted by atomic mass is 16.2. The summed E-state index contributed by atoms with van der Waals surface area (Å²) >= 11 is 0. The summed E-state index contributed by atoms with van der Waals surface area (Å²) < 4.78 is 0. The number of rotatable bonds is 4. The van der Waals surface area contributed by atoms with E-state index in [4.69, 9.17) is 5.73 Å². The molecular weight excluding hydrogens is 176 g/mol. The fraction of sp³-hybridized carbons (Fsp3) is 0.909. The molecule has 3 heteroatoms. The Kier molecular flexibility index (Phi) is 4.94. The van der Waals surface area contributed by atoms with E-state index in [-0.39, 0.29) is 6.04 Å². The zero-order valence-corrected chi connectivity index (χ0v) is 9.17. The second-order valence-electron chi connectivity index (χ2n) is 4.20. The molecule has 0 radical (unpaired) electrons. The molecular formula is C11H22N2O. The Morgan fingerprint density at radius 1 is 1.43 bits per heavy atom. The topological polar surface area (TPSA) is 46.3 Å². The van der Waals surface area contributed by atoms with Gasteiger partial charge in [0.05, 0.1) is 0 Å². The van der Waals surface area contributed by atoms with Gasteiger partial charge in [-0.15, -0.1) is 0 Å². The first-order valence-corrected chi connectivity index (χ1v) is 5.77. The second-order valence-corrected chi connectivity index (χ2v) is 4.20. The lowest BCUT2D eigenvalue weighted by atomic mass is 10.1. The van der Waals surface area contributed by atoms with Gasteiger partial charge in [-0.1, -0.05) is 19.8 Å². The highest BCUT2D eigenvalue weighted by Crippen LogP contribution is 2.11. The molecule has 14 heavy (non-hydrogen) atoms. The number of carbonyl (C=O) groups excluding carboxylic acids is 1. The number of likely N-dealkylation sites (tertiary alicyclic amines) is 1. The lowest BCUT2D eigenvalue weighted by Crippen LogP contribution is -2.40. The summed E-state index contributed by atoms with van der Waals surface area (Å²) in [6.07, 6.45) is 6.22. The molecule has 1 aliphatic rings. The Labute approximate surface area is 86.6 Å². The van der Waals surface area contributed by atoms with E-state index in [9.17, 15) is 4.79 Å². The molecule has 0 aromatic rings. The third kappa shape index (κ3) is 3.66. The number of nitrogens with two attached hydrogens (primary N) is 1. The van der Waals surface area contributed by atoms with Gasteiger partial charge in [0.1, 0.15) is 0 Å². The van der Waals surface area contributed by atoms with Crippen LogP contribution in [0.3, 0.4) is 0 Å². The van der Waals surface area contributed by atoms with E-state index in [1.54, 1.807) is 0 Å². The third-order valence-electron chi connectivity index (χ3n) is 2.79. The Bertz CT molecular complexity index is 182. The Balaban J connectivity index is 2.36. The van der Waals surface area contributed by atoms with E-state index < -0.39 is 0 Å². The first-order valence-electron chi connectivity index (χ1n) is 5.77. The van der Waals surface area contributed by atoms with E-state index in [0.717, 1.165) is 45.2 Å². The lowest BCUT2D eigenvalue weighted by molar-refractivity contribution is -0.130. The van der Waals surface area contributed by atoms with Crippen LogP contribution in [-0.4, -0.2) is 29.9 Å². The Morgan fingerprint density at radius 2 is 2.21 bits per heavy atom.